The van der Waals surface area contributed by atoms with Crippen LogP contribution in [0.25, 0.3) is 0 Å². The molecule has 154 valence electrons. The molecule has 0 atom stereocenters. The smallest absolute Gasteiger partial charge is 0.222 e. The lowest BCUT2D eigenvalue weighted by molar-refractivity contribution is -0.128. The van der Waals surface area contributed by atoms with Crippen LogP contribution in [-0.4, -0.2) is 55.5 Å². The van der Waals surface area contributed by atoms with Gasteiger partial charge in [0.05, 0.1) is 6.54 Å². The van der Waals surface area contributed by atoms with Gasteiger partial charge in [0.1, 0.15) is 12.4 Å². The number of para-hydroxylation sites is 1. The summed E-state index contributed by atoms with van der Waals surface area (Å²) in [5.41, 5.74) is 2.36. The summed E-state index contributed by atoms with van der Waals surface area (Å²) in [6.45, 7) is 3.49. The minimum atomic E-state index is 0.252. The van der Waals surface area contributed by atoms with Crippen molar-refractivity contribution >= 4 is 11.9 Å². The second kappa shape index (κ2) is 10.5. The van der Waals surface area contributed by atoms with E-state index in [1.807, 2.05) is 54.4 Å². The van der Waals surface area contributed by atoms with Gasteiger partial charge in [0.15, 0.2) is 5.96 Å². The third-order valence-electron chi connectivity index (χ3n) is 5.10. The number of carbonyl (C=O) groups is 1. The van der Waals surface area contributed by atoms with Crippen molar-refractivity contribution in [1.82, 2.24) is 15.1 Å². The van der Waals surface area contributed by atoms with Crippen LogP contribution < -0.4 is 10.1 Å². The van der Waals surface area contributed by atoms with Crippen LogP contribution in [0.5, 0.6) is 5.75 Å². The first-order valence-corrected chi connectivity index (χ1v) is 10.1. The summed E-state index contributed by atoms with van der Waals surface area (Å²) in [6.07, 6.45) is 1.63. The topological polar surface area (TPSA) is 57.2 Å². The molecule has 0 saturated carbocycles. The zero-order valence-corrected chi connectivity index (χ0v) is 17.3. The van der Waals surface area contributed by atoms with Crippen molar-refractivity contribution in [3.63, 3.8) is 0 Å². The van der Waals surface area contributed by atoms with Crippen molar-refractivity contribution in [3.05, 3.63) is 65.7 Å². The van der Waals surface area contributed by atoms with Crippen molar-refractivity contribution in [2.45, 2.75) is 25.9 Å². The molecule has 0 aromatic heterocycles. The number of nitrogens with zero attached hydrogens (tertiary/aromatic N) is 3. The Bertz CT molecular complexity index is 823. The number of rotatable bonds is 8. The van der Waals surface area contributed by atoms with Gasteiger partial charge in [-0.1, -0.05) is 42.5 Å². The third-order valence-corrected chi connectivity index (χ3v) is 5.10. The van der Waals surface area contributed by atoms with Crippen LogP contribution in [0.3, 0.4) is 0 Å². The van der Waals surface area contributed by atoms with Gasteiger partial charge in [-0.2, -0.15) is 0 Å². The predicted molar refractivity (Wildman–Crippen MR) is 116 cm³/mol. The van der Waals surface area contributed by atoms with Gasteiger partial charge in [0.25, 0.3) is 0 Å². The van der Waals surface area contributed by atoms with E-state index in [1.54, 1.807) is 7.05 Å². The number of likely N-dealkylation sites (N-methyl/N-ethyl adjacent to an activating group) is 1. The van der Waals surface area contributed by atoms with Gasteiger partial charge in [-0.15, -0.1) is 0 Å². The number of hydrogen-bond donors (Lipinski definition) is 1. The normalized spacial score (nSPS) is 14.2. The molecule has 1 heterocycles. The van der Waals surface area contributed by atoms with Gasteiger partial charge in [0, 0.05) is 40.2 Å². The maximum atomic E-state index is 12.0. The molecule has 1 amide bonds. The van der Waals surface area contributed by atoms with E-state index >= 15 is 0 Å². The number of aliphatic imine (C=N–C) groups is 1. The molecular weight excluding hydrogens is 364 g/mol. The summed E-state index contributed by atoms with van der Waals surface area (Å²) in [7, 11) is 3.78. The van der Waals surface area contributed by atoms with Crippen molar-refractivity contribution in [1.29, 1.82) is 0 Å². The summed E-state index contributed by atoms with van der Waals surface area (Å²) >= 11 is 0. The molecule has 0 spiro atoms. The molecule has 29 heavy (non-hydrogen) atoms. The van der Waals surface area contributed by atoms with Crippen LogP contribution in [0.4, 0.5) is 0 Å². The van der Waals surface area contributed by atoms with Gasteiger partial charge in [-0.05, 0) is 29.7 Å². The highest BCUT2D eigenvalue weighted by Gasteiger charge is 2.21. The van der Waals surface area contributed by atoms with Crippen molar-refractivity contribution < 1.29 is 9.53 Å². The Labute approximate surface area is 173 Å². The Morgan fingerprint density at radius 1 is 1.14 bits per heavy atom. The van der Waals surface area contributed by atoms with Crippen LogP contribution in [0.15, 0.2) is 59.6 Å². The lowest BCUT2D eigenvalue weighted by Crippen LogP contribution is -2.40. The molecule has 6 heteroatoms. The zero-order chi connectivity index (χ0) is 20.5. The quantitative estimate of drug-likeness (QED) is 0.553. The molecule has 1 aliphatic heterocycles. The van der Waals surface area contributed by atoms with Crippen LogP contribution in [0.1, 0.15) is 24.0 Å². The maximum absolute atomic E-state index is 12.0. The van der Waals surface area contributed by atoms with Gasteiger partial charge >= 0.3 is 0 Å². The molecule has 0 bridgehead atoms. The molecule has 0 aliphatic carbocycles. The van der Waals surface area contributed by atoms with Crippen LogP contribution >= 0.6 is 0 Å². The number of nitrogens with one attached hydrogen (secondary N) is 1. The fourth-order valence-electron chi connectivity index (χ4n) is 3.44. The highest BCUT2D eigenvalue weighted by Crippen LogP contribution is 2.17. The molecule has 1 fully saturated rings. The van der Waals surface area contributed by atoms with Gasteiger partial charge < -0.3 is 19.9 Å². The summed E-state index contributed by atoms with van der Waals surface area (Å²) in [5, 5.41) is 3.43. The maximum Gasteiger partial charge on any atom is 0.222 e. The van der Waals surface area contributed by atoms with Crippen LogP contribution in [0, 0.1) is 0 Å². The van der Waals surface area contributed by atoms with Gasteiger partial charge in [-0.25, -0.2) is 0 Å². The van der Waals surface area contributed by atoms with Crippen molar-refractivity contribution in [2.24, 2.45) is 4.99 Å². The molecule has 3 rings (SSSR count). The van der Waals surface area contributed by atoms with E-state index in [0.29, 0.717) is 26.1 Å². The first kappa shape index (κ1) is 20.7. The average molecular weight is 395 g/mol. The van der Waals surface area contributed by atoms with Crippen LogP contribution in [0.2, 0.25) is 0 Å². The number of benzene rings is 2. The molecule has 6 nitrogen and oxygen atoms in total. The highest BCUT2D eigenvalue weighted by atomic mass is 16.5. The van der Waals surface area contributed by atoms with Gasteiger partial charge in [-0.3, -0.25) is 9.79 Å². The van der Waals surface area contributed by atoms with E-state index in [1.165, 1.54) is 11.1 Å². The summed E-state index contributed by atoms with van der Waals surface area (Å²) in [5.74, 6) is 1.93. The van der Waals surface area contributed by atoms with Gasteiger partial charge in [0.2, 0.25) is 5.91 Å². The first-order valence-electron chi connectivity index (χ1n) is 10.1. The second-order valence-corrected chi connectivity index (χ2v) is 7.17. The fraction of sp³-hybridized carbons (Fsp3) is 0.391. The standard InChI is InChI=1S/C23H30N4O2/c1-24-23(26(2)15-16-29-21-11-4-3-5-12-21)25-17-19-9-6-7-10-20(19)18-27-14-8-13-22(27)28/h3-7,9-12H,8,13-18H2,1-2H3,(H,24,25). The Morgan fingerprint density at radius 3 is 2.55 bits per heavy atom. The SMILES string of the molecule is CN=C(NCc1ccccc1CN1CCCC1=O)N(C)CCOc1ccccc1. The Balaban J connectivity index is 1.51. The molecule has 1 saturated heterocycles. The number of ether oxygens (including phenoxy) is 1. The lowest BCUT2D eigenvalue weighted by Gasteiger charge is -2.23. The van der Waals surface area contributed by atoms with Crippen molar-refractivity contribution in [3.8, 4) is 5.75 Å². The van der Waals surface area contributed by atoms with E-state index in [0.717, 1.165) is 31.2 Å². The number of likely N-dealkylation sites (tertiary alicyclic amines) is 1. The molecule has 2 aromatic carbocycles. The van der Waals surface area contributed by atoms with Crippen LogP contribution in [-0.2, 0) is 17.9 Å². The van der Waals surface area contributed by atoms with E-state index < -0.39 is 0 Å². The molecule has 2 aromatic rings. The zero-order valence-electron chi connectivity index (χ0n) is 17.3. The predicted octanol–water partition coefficient (Wildman–Crippen LogP) is 2.90. The van der Waals surface area contributed by atoms with E-state index in [4.69, 9.17) is 4.74 Å². The number of carbonyl (C=O) groups excluding carboxylic acids is 1. The summed E-state index contributed by atoms with van der Waals surface area (Å²) in [6, 6.07) is 18.1. The molecule has 1 aliphatic rings. The molecular formula is C23H30N4O2. The molecule has 0 radical (unpaired) electrons. The summed E-state index contributed by atoms with van der Waals surface area (Å²) < 4.78 is 5.78. The monoisotopic (exact) mass is 394 g/mol. The Hall–Kier alpha value is -3.02. The summed E-state index contributed by atoms with van der Waals surface area (Å²) in [4.78, 5) is 20.3. The van der Waals surface area contributed by atoms with Crippen molar-refractivity contribution in [2.75, 3.05) is 33.8 Å². The first-order chi connectivity index (χ1) is 14.2. The fourth-order valence-corrected chi connectivity index (χ4v) is 3.44. The third kappa shape index (κ3) is 5.98. The highest BCUT2D eigenvalue weighted by molar-refractivity contribution is 5.79. The molecule has 0 unspecified atom stereocenters. The Kier molecular flexibility index (Phi) is 7.50. The minimum Gasteiger partial charge on any atom is -0.492 e. The largest absolute Gasteiger partial charge is 0.492 e. The second-order valence-electron chi connectivity index (χ2n) is 7.17. The van der Waals surface area contributed by atoms with E-state index in [9.17, 15) is 4.79 Å². The number of hydrogen-bond acceptors (Lipinski definition) is 3. The van der Waals surface area contributed by atoms with E-state index in [2.05, 4.69) is 27.3 Å². The molecule has 1 N–H and O–H groups in total. The number of guanidine groups is 1. The minimum absolute atomic E-state index is 0.252. The Morgan fingerprint density at radius 2 is 1.86 bits per heavy atom. The van der Waals surface area contributed by atoms with E-state index in [-0.39, 0.29) is 5.91 Å². The average Bonchev–Trinajstić information content (AvgIpc) is 3.15. The number of amides is 1. The lowest BCUT2D eigenvalue weighted by atomic mass is 10.1.